The van der Waals surface area contributed by atoms with Crippen LogP contribution in [0.4, 0.5) is 0 Å². The van der Waals surface area contributed by atoms with Crippen molar-refractivity contribution in [3.63, 3.8) is 0 Å². The number of hydrogen-bond donors (Lipinski definition) is 1. The molecule has 0 heterocycles. The van der Waals surface area contributed by atoms with Crippen LogP contribution in [0.15, 0.2) is 24.3 Å². The Hall–Kier alpha value is -0.830. The summed E-state index contributed by atoms with van der Waals surface area (Å²) in [6.45, 7) is 7.56. The van der Waals surface area contributed by atoms with Crippen molar-refractivity contribution in [2.45, 2.75) is 123 Å². The molecule has 1 unspecified atom stereocenters. The molecule has 0 aliphatic heterocycles. The predicted octanol–water partition coefficient (Wildman–Crippen LogP) is 9.57. The summed E-state index contributed by atoms with van der Waals surface area (Å²) < 4.78 is 26.3. The molecule has 0 bridgehead atoms. The Morgan fingerprint density at radius 2 is 1.12 bits per heavy atom. The smallest absolute Gasteiger partial charge is 0.338 e. The molecule has 0 aromatic heterocycles. The minimum absolute atomic E-state index is 0.221. The number of unbranched alkanes of at least 4 members (excludes halogenated alkanes) is 11. The van der Waals surface area contributed by atoms with Gasteiger partial charge in [0.25, 0.3) is 0 Å². The van der Waals surface area contributed by atoms with Crippen molar-refractivity contribution in [3.05, 3.63) is 29.8 Å². The van der Waals surface area contributed by atoms with E-state index in [4.69, 9.17) is 9.05 Å². The second kappa shape index (κ2) is 18.6. The highest BCUT2D eigenvalue weighted by molar-refractivity contribution is 7.54. The molecule has 0 saturated heterocycles. The summed E-state index contributed by atoms with van der Waals surface area (Å²) in [6, 6.07) is 7.06. The van der Waals surface area contributed by atoms with Crippen molar-refractivity contribution in [2.75, 3.05) is 13.2 Å². The Bertz CT molecular complexity index is 580. The van der Waals surface area contributed by atoms with Gasteiger partial charge in [-0.1, -0.05) is 110 Å². The van der Waals surface area contributed by atoms with Gasteiger partial charge in [0.15, 0.2) is 0 Å². The molecule has 1 aromatic rings. The van der Waals surface area contributed by atoms with Gasteiger partial charge in [-0.25, -0.2) is 0 Å². The van der Waals surface area contributed by atoms with Crippen LogP contribution in [-0.4, -0.2) is 18.3 Å². The van der Waals surface area contributed by atoms with Crippen LogP contribution in [0.25, 0.3) is 0 Å². The zero-order valence-corrected chi connectivity index (χ0v) is 21.9. The average molecular weight is 469 g/mol. The fourth-order valence-electron chi connectivity index (χ4n) is 3.97. The average Bonchev–Trinajstić information content (AvgIpc) is 2.79. The van der Waals surface area contributed by atoms with Crippen molar-refractivity contribution >= 4 is 7.60 Å². The first-order valence-corrected chi connectivity index (χ1v) is 14.9. The van der Waals surface area contributed by atoms with E-state index in [9.17, 15) is 9.67 Å². The molecule has 0 fully saturated rings. The SMILES string of the molecule is CCCCCCCCOP(=O)(OCCCCCCCC)C(CCCC)c1ccc(O)cc1. The maximum atomic E-state index is 14.1. The zero-order valence-electron chi connectivity index (χ0n) is 21.0. The van der Waals surface area contributed by atoms with Crippen LogP contribution in [0, 0.1) is 0 Å². The fraction of sp³-hybridized carbons (Fsp3) is 0.778. The van der Waals surface area contributed by atoms with Gasteiger partial charge in [-0.2, -0.15) is 0 Å². The van der Waals surface area contributed by atoms with E-state index < -0.39 is 7.60 Å². The van der Waals surface area contributed by atoms with E-state index in [0.29, 0.717) is 13.2 Å². The summed E-state index contributed by atoms with van der Waals surface area (Å²) in [6.07, 6.45) is 16.8. The van der Waals surface area contributed by atoms with Gasteiger partial charge in [0.05, 0.1) is 18.9 Å². The van der Waals surface area contributed by atoms with Gasteiger partial charge in [-0.15, -0.1) is 0 Å². The predicted molar refractivity (Wildman–Crippen MR) is 137 cm³/mol. The van der Waals surface area contributed by atoms with Crippen LogP contribution in [0.2, 0.25) is 0 Å². The monoisotopic (exact) mass is 468 g/mol. The molecule has 186 valence electrons. The van der Waals surface area contributed by atoms with E-state index in [1.807, 2.05) is 12.1 Å². The Kier molecular flexibility index (Phi) is 17.0. The van der Waals surface area contributed by atoms with E-state index in [2.05, 4.69) is 20.8 Å². The summed E-state index contributed by atoms with van der Waals surface area (Å²) in [5.74, 6) is 0.221. The van der Waals surface area contributed by atoms with Crippen LogP contribution in [0.3, 0.4) is 0 Å². The molecule has 0 spiro atoms. The van der Waals surface area contributed by atoms with E-state index >= 15 is 0 Å². The third kappa shape index (κ3) is 12.4. The number of phenols is 1. The van der Waals surface area contributed by atoms with Crippen molar-refractivity contribution in [3.8, 4) is 5.75 Å². The summed E-state index contributed by atoms with van der Waals surface area (Å²) in [7, 11) is -3.30. The second-order valence-electron chi connectivity index (χ2n) is 8.99. The van der Waals surface area contributed by atoms with Crippen LogP contribution in [0.1, 0.15) is 128 Å². The van der Waals surface area contributed by atoms with E-state index in [0.717, 1.165) is 50.5 Å². The molecule has 5 heteroatoms. The lowest BCUT2D eigenvalue weighted by Gasteiger charge is -2.27. The topological polar surface area (TPSA) is 55.8 Å². The minimum Gasteiger partial charge on any atom is -0.508 e. The molecule has 0 amide bonds. The molecule has 0 aliphatic rings. The van der Waals surface area contributed by atoms with Gasteiger partial charge in [-0.3, -0.25) is 4.57 Å². The molecule has 1 aromatic carbocycles. The Morgan fingerprint density at radius 3 is 1.59 bits per heavy atom. The molecule has 1 rings (SSSR count). The Balaban J connectivity index is 2.76. The highest BCUT2D eigenvalue weighted by atomic mass is 31.2. The van der Waals surface area contributed by atoms with Crippen LogP contribution in [-0.2, 0) is 13.6 Å². The van der Waals surface area contributed by atoms with Crippen molar-refractivity contribution in [1.82, 2.24) is 0 Å². The molecule has 1 atom stereocenters. The molecule has 0 saturated carbocycles. The summed E-state index contributed by atoms with van der Waals surface area (Å²) in [5.41, 5.74) is 0.661. The number of aromatic hydroxyl groups is 1. The lowest BCUT2D eigenvalue weighted by atomic mass is 10.1. The van der Waals surface area contributed by atoms with E-state index in [1.54, 1.807) is 12.1 Å². The number of hydrogen-bond acceptors (Lipinski definition) is 4. The first-order chi connectivity index (χ1) is 15.6. The minimum atomic E-state index is -3.30. The van der Waals surface area contributed by atoms with Gasteiger partial charge >= 0.3 is 7.60 Å². The van der Waals surface area contributed by atoms with Crippen LogP contribution < -0.4 is 0 Å². The van der Waals surface area contributed by atoms with E-state index in [-0.39, 0.29) is 11.4 Å². The quantitative estimate of drug-likeness (QED) is 0.144. The van der Waals surface area contributed by atoms with Gasteiger partial charge < -0.3 is 14.2 Å². The van der Waals surface area contributed by atoms with Gasteiger partial charge in [-0.05, 0) is 37.0 Å². The zero-order chi connectivity index (χ0) is 23.5. The standard InChI is InChI=1S/C27H49O4P/c1-4-7-10-12-14-16-23-30-32(29,31-24-17-15-13-11-8-5-2)27(18-9-6-3)25-19-21-26(28)22-20-25/h19-22,27-28H,4-18,23-24H2,1-3H3. The van der Waals surface area contributed by atoms with Crippen LogP contribution >= 0.6 is 7.60 Å². The number of phenolic OH excluding ortho intramolecular Hbond substituents is 1. The molecule has 1 N–H and O–H groups in total. The Labute approximate surface area is 198 Å². The third-order valence-corrected chi connectivity index (χ3v) is 8.43. The fourth-order valence-corrected chi connectivity index (χ4v) is 6.20. The highest BCUT2D eigenvalue weighted by Crippen LogP contribution is 2.63. The molecule has 4 nitrogen and oxygen atoms in total. The first-order valence-electron chi connectivity index (χ1n) is 13.2. The van der Waals surface area contributed by atoms with Gasteiger partial charge in [0.2, 0.25) is 0 Å². The summed E-state index contributed by atoms with van der Waals surface area (Å²) in [4.78, 5) is 0. The van der Waals surface area contributed by atoms with Gasteiger partial charge in [0.1, 0.15) is 5.75 Å². The lowest BCUT2D eigenvalue weighted by molar-refractivity contribution is 0.189. The third-order valence-electron chi connectivity index (χ3n) is 6.03. The van der Waals surface area contributed by atoms with Crippen LogP contribution in [0.5, 0.6) is 5.75 Å². The van der Waals surface area contributed by atoms with Crippen molar-refractivity contribution < 1.29 is 18.7 Å². The van der Waals surface area contributed by atoms with Crippen molar-refractivity contribution in [1.29, 1.82) is 0 Å². The number of rotatable bonds is 21. The van der Waals surface area contributed by atoms with Crippen molar-refractivity contribution in [2.24, 2.45) is 0 Å². The molecule has 0 radical (unpaired) electrons. The van der Waals surface area contributed by atoms with E-state index in [1.165, 1.54) is 51.4 Å². The summed E-state index contributed by atoms with van der Waals surface area (Å²) in [5, 5.41) is 9.71. The Morgan fingerprint density at radius 1 is 0.688 bits per heavy atom. The maximum absolute atomic E-state index is 14.1. The largest absolute Gasteiger partial charge is 0.508 e. The summed E-state index contributed by atoms with van der Waals surface area (Å²) >= 11 is 0. The molecule has 0 aliphatic carbocycles. The number of benzene rings is 1. The maximum Gasteiger partial charge on any atom is 0.338 e. The second-order valence-corrected chi connectivity index (χ2v) is 11.2. The molecular weight excluding hydrogens is 419 g/mol. The molecular formula is C27H49O4P. The highest BCUT2D eigenvalue weighted by Gasteiger charge is 2.36. The van der Waals surface area contributed by atoms with Gasteiger partial charge in [0, 0.05) is 0 Å². The normalized spacial score (nSPS) is 12.8. The first kappa shape index (κ1) is 29.2. The lowest BCUT2D eigenvalue weighted by Crippen LogP contribution is -2.09. The molecule has 32 heavy (non-hydrogen) atoms.